The van der Waals surface area contributed by atoms with E-state index in [2.05, 4.69) is 5.32 Å². The summed E-state index contributed by atoms with van der Waals surface area (Å²) in [6.45, 7) is -0.504. The molecular formula is C17H15ClN2O6. The van der Waals surface area contributed by atoms with Crippen LogP contribution in [0.25, 0.3) is 0 Å². The van der Waals surface area contributed by atoms with Crippen molar-refractivity contribution in [3.05, 3.63) is 63.2 Å². The maximum absolute atomic E-state index is 11.8. The molecule has 1 N–H and O–H groups in total. The Hall–Kier alpha value is -3.13. The van der Waals surface area contributed by atoms with Gasteiger partial charge in [0, 0.05) is 12.1 Å². The third-order valence-electron chi connectivity index (χ3n) is 3.28. The van der Waals surface area contributed by atoms with E-state index >= 15 is 0 Å². The van der Waals surface area contributed by atoms with Crippen LogP contribution >= 0.6 is 11.6 Å². The van der Waals surface area contributed by atoms with Crippen LogP contribution in [0.1, 0.15) is 5.56 Å². The molecule has 0 fully saturated rings. The molecule has 0 bridgehead atoms. The lowest BCUT2D eigenvalue weighted by Gasteiger charge is -2.08. The number of methoxy groups -OCH3 is 1. The van der Waals surface area contributed by atoms with Crippen molar-refractivity contribution < 1.29 is 24.0 Å². The number of benzene rings is 2. The van der Waals surface area contributed by atoms with Gasteiger partial charge >= 0.3 is 5.97 Å². The molecule has 0 aliphatic rings. The smallest absolute Gasteiger partial charge is 0.310 e. The summed E-state index contributed by atoms with van der Waals surface area (Å²) in [4.78, 5) is 33.7. The minimum atomic E-state index is -0.611. The average Bonchev–Trinajstić information content (AvgIpc) is 2.61. The van der Waals surface area contributed by atoms with E-state index < -0.39 is 23.4 Å². The normalized spacial score (nSPS) is 10.1. The predicted octanol–water partition coefficient (Wildman–Crippen LogP) is 2.98. The summed E-state index contributed by atoms with van der Waals surface area (Å²) < 4.78 is 9.98. The minimum absolute atomic E-state index is 0.00950. The van der Waals surface area contributed by atoms with Gasteiger partial charge in [0.15, 0.2) is 6.61 Å². The second-order valence-electron chi connectivity index (χ2n) is 5.16. The van der Waals surface area contributed by atoms with Crippen molar-refractivity contribution >= 4 is 34.9 Å². The standard InChI is InChI=1S/C17H15ClN2O6/c1-25-13-4-2-3-11(7-13)8-17(22)26-10-16(21)19-15-6-5-12(20(23)24)9-14(15)18/h2-7,9H,8,10H2,1H3,(H,19,21). The van der Waals surface area contributed by atoms with E-state index in [0.717, 1.165) is 6.07 Å². The summed E-state index contributed by atoms with van der Waals surface area (Å²) >= 11 is 5.88. The van der Waals surface area contributed by atoms with Gasteiger partial charge in [0.25, 0.3) is 11.6 Å². The Morgan fingerprint density at radius 1 is 1.23 bits per heavy atom. The van der Waals surface area contributed by atoms with Gasteiger partial charge in [0.1, 0.15) is 5.75 Å². The molecule has 0 aliphatic heterocycles. The van der Waals surface area contributed by atoms with Gasteiger partial charge in [-0.3, -0.25) is 19.7 Å². The fourth-order valence-corrected chi connectivity index (χ4v) is 2.27. The van der Waals surface area contributed by atoms with Gasteiger partial charge in [-0.2, -0.15) is 0 Å². The number of nitro groups is 1. The van der Waals surface area contributed by atoms with Crippen LogP contribution in [0.2, 0.25) is 5.02 Å². The van der Waals surface area contributed by atoms with Crippen molar-refractivity contribution in [2.24, 2.45) is 0 Å². The number of non-ortho nitro benzene ring substituents is 1. The molecule has 0 radical (unpaired) electrons. The number of nitrogens with zero attached hydrogens (tertiary/aromatic N) is 1. The second kappa shape index (κ2) is 8.82. The first-order valence-corrected chi connectivity index (χ1v) is 7.79. The van der Waals surface area contributed by atoms with Gasteiger partial charge in [-0.1, -0.05) is 23.7 Å². The van der Waals surface area contributed by atoms with Gasteiger partial charge < -0.3 is 14.8 Å². The van der Waals surface area contributed by atoms with Crippen molar-refractivity contribution in [3.8, 4) is 5.75 Å². The number of halogens is 1. The lowest BCUT2D eigenvalue weighted by atomic mass is 10.1. The first kappa shape index (κ1) is 19.2. The summed E-state index contributed by atoms with van der Waals surface area (Å²) in [7, 11) is 1.52. The maximum Gasteiger partial charge on any atom is 0.310 e. The van der Waals surface area contributed by atoms with E-state index in [1.807, 2.05) is 0 Å². The van der Waals surface area contributed by atoms with Crippen LogP contribution in [0.5, 0.6) is 5.75 Å². The number of hydrogen-bond acceptors (Lipinski definition) is 6. The predicted molar refractivity (Wildman–Crippen MR) is 94.4 cm³/mol. The van der Waals surface area contributed by atoms with Crippen LogP contribution in [-0.4, -0.2) is 30.5 Å². The molecule has 2 rings (SSSR count). The number of hydrogen-bond donors (Lipinski definition) is 1. The molecule has 2 aromatic rings. The number of rotatable bonds is 7. The van der Waals surface area contributed by atoms with E-state index in [1.54, 1.807) is 24.3 Å². The van der Waals surface area contributed by atoms with Gasteiger partial charge in [-0.15, -0.1) is 0 Å². The molecule has 0 unspecified atom stereocenters. The van der Waals surface area contributed by atoms with Crippen LogP contribution in [-0.2, 0) is 20.7 Å². The lowest BCUT2D eigenvalue weighted by Crippen LogP contribution is -2.21. The zero-order valence-electron chi connectivity index (χ0n) is 13.7. The topological polar surface area (TPSA) is 108 Å². The third kappa shape index (κ3) is 5.45. The van der Waals surface area contributed by atoms with Crippen LogP contribution in [0.4, 0.5) is 11.4 Å². The maximum atomic E-state index is 11.8. The number of anilines is 1. The average molecular weight is 379 g/mol. The Balaban J connectivity index is 1.86. The van der Waals surface area contributed by atoms with E-state index in [-0.39, 0.29) is 22.8 Å². The minimum Gasteiger partial charge on any atom is -0.497 e. The molecule has 0 spiro atoms. The quantitative estimate of drug-likeness (QED) is 0.451. The zero-order chi connectivity index (χ0) is 19.1. The SMILES string of the molecule is COc1cccc(CC(=O)OCC(=O)Nc2ccc([N+](=O)[O-])cc2Cl)c1. The molecule has 0 heterocycles. The number of esters is 1. The number of carbonyl (C=O) groups excluding carboxylic acids is 2. The first-order chi connectivity index (χ1) is 12.4. The van der Waals surface area contributed by atoms with E-state index in [1.165, 1.54) is 19.2 Å². The Morgan fingerprint density at radius 2 is 2.00 bits per heavy atom. The number of ether oxygens (including phenoxy) is 2. The van der Waals surface area contributed by atoms with Crippen LogP contribution in [0.3, 0.4) is 0 Å². The number of amides is 1. The molecule has 0 aromatic heterocycles. The fourth-order valence-electron chi connectivity index (χ4n) is 2.05. The third-order valence-corrected chi connectivity index (χ3v) is 3.60. The van der Waals surface area contributed by atoms with Crippen molar-refractivity contribution in [3.63, 3.8) is 0 Å². The van der Waals surface area contributed by atoms with Gasteiger partial charge in [-0.05, 0) is 23.8 Å². The van der Waals surface area contributed by atoms with Crippen molar-refractivity contribution in [2.45, 2.75) is 6.42 Å². The molecule has 0 saturated carbocycles. The lowest BCUT2D eigenvalue weighted by molar-refractivity contribution is -0.384. The van der Waals surface area contributed by atoms with Gasteiger partial charge in [-0.25, -0.2) is 0 Å². The molecule has 8 nitrogen and oxygen atoms in total. The highest BCUT2D eigenvalue weighted by atomic mass is 35.5. The zero-order valence-corrected chi connectivity index (χ0v) is 14.5. The highest BCUT2D eigenvalue weighted by Gasteiger charge is 2.13. The number of nitro benzene ring substituents is 1. The molecule has 1 amide bonds. The van der Waals surface area contributed by atoms with Crippen molar-refractivity contribution in [1.29, 1.82) is 0 Å². The van der Waals surface area contributed by atoms with E-state index in [9.17, 15) is 19.7 Å². The van der Waals surface area contributed by atoms with E-state index in [4.69, 9.17) is 21.1 Å². The molecule has 2 aromatic carbocycles. The summed E-state index contributed by atoms with van der Waals surface area (Å²) in [5.41, 5.74) is 0.678. The Labute approximate surface area is 153 Å². The molecular weight excluding hydrogens is 364 g/mol. The highest BCUT2D eigenvalue weighted by Crippen LogP contribution is 2.26. The highest BCUT2D eigenvalue weighted by molar-refractivity contribution is 6.34. The first-order valence-electron chi connectivity index (χ1n) is 7.41. The van der Waals surface area contributed by atoms with Crippen molar-refractivity contribution in [2.75, 3.05) is 19.0 Å². The van der Waals surface area contributed by atoms with Crippen molar-refractivity contribution in [1.82, 2.24) is 0 Å². The Kier molecular flexibility index (Phi) is 6.51. The monoisotopic (exact) mass is 378 g/mol. The molecule has 136 valence electrons. The number of carbonyl (C=O) groups is 2. The summed E-state index contributed by atoms with van der Waals surface area (Å²) in [5.74, 6) is -0.580. The Morgan fingerprint density at radius 3 is 2.65 bits per heavy atom. The molecule has 26 heavy (non-hydrogen) atoms. The molecule has 0 atom stereocenters. The van der Waals surface area contributed by atoms with Crippen LogP contribution < -0.4 is 10.1 Å². The number of nitrogens with one attached hydrogen (secondary N) is 1. The van der Waals surface area contributed by atoms with Crippen LogP contribution in [0.15, 0.2) is 42.5 Å². The van der Waals surface area contributed by atoms with Crippen LogP contribution in [0, 0.1) is 10.1 Å². The molecule has 9 heteroatoms. The van der Waals surface area contributed by atoms with E-state index in [0.29, 0.717) is 11.3 Å². The largest absolute Gasteiger partial charge is 0.497 e. The second-order valence-corrected chi connectivity index (χ2v) is 5.57. The summed E-state index contributed by atoms with van der Waals surface area (Å²) in [5, 5.41) is 13.1. The molecule has 0 aliphatic carbocycles. The van der Waals surface area contributed by atoms with Gasteiger partial charge in [0.05, 0.1) is 29.2 Å². The fraction of sp³-hybridized carbons (Fsp3) is 0.176. The summed E-state index contributed by atoms with van der Waals surface area (Å²) in [6.07, 6.45) is -0.0111. The summed E-state index contributed by atoms with van der Waals surface area (Å²) in [6, 6.07) is 10.5. The van der Waals surface area contributed by atoms with Gasteiger partial charge in [0.2, 0.25) is 0 Å². The Bertz CT molecular complexity index is 840. The molecule has 0 saturated heterocycles.